The third kappa shape index (κ3) is 4.15. The van der Waals surface area contributed by atoms with E-state index in [0.717, 1.165) is 21.3 Å². The van der Waals surface area contributed by atoms with Crippen molar-refractivity contribution in [1.82, 2.24) is 10.3 Å². The molecule has 134 valence electrons. The zero-order valence-electron chi connectivity index (χ0n) is 14.0. The summed E-state index contributed by atoms with van der Waals surface area (Å²) in [7, 11) is 0. The summed E-state index contributed by atoms with van der Waals surface area (Å²) in [5, 5.41) is 6.40. The smallest absolute Gasteiger partial charge is 0.253 e. The number of anilines is 1. The fraction of sp³-hybridized carbons (Fsp3) is 0.167. The average molecular weight is 408 g/mol. The number of amides is 2. The SMILES string of the molecule is Cc1cc(C)c2nc(NC(=O)CNC(=O)c3ccc(Cl)cc3Cl)sc2c1. The maximum Gasteiger partial charge on any atom is 0.253 e. The zero-order valence-corrected chi connectivity index (χ0v) is 16.4. The van der Waals surface area contributed by atoms with Crippen LogP contribution in [0.4, 0.5) is 5.13 Å². The van der Waals surface area contributed by atoms with E-state index in [0.29, 0.717) is 10.2 Å². The van der Waals surface area contributed by atoms with Crippen molar-refractivity contribution in [1.29, 1.82) is 0 Å². The molecule has 1 heterocycles. The van der Waals surface area contributed by atoms with Crippen molar-refractivity contribution >= 4 is 61.7 Å². The Balaban J connectivity index is 1.64. The van der Waals surface area contributed by atoms with Crippen molar-refractivity contribution in [3.63, 3.8) is 0 Å². The van der Waals surface area contributed by atoms with Crippen LogP contribution in [-0.2, 0) is 4.79 Å². The number of halogens is 2. The van der Waals surface area contributed by atoms with E-state index in [4.69, 9.17) is 23.2 Å². The topological polar surface area (TPSA) is 71.1 Å². The molecule has 0 spiro atoms. The Hall–Kier alpha value is -2.15. The van der Waals surface area contributed by atoms with E-state index in [-0.39, 0.29) is 23.0 Å². The standard InChI is InChI=1S/C18H15Cl2N3O2S/c1-9-5-10(2)16-14(6-9)26-18(23-16)22-15(24)8-21-17(25)12-4-3-11(19)7-13(12)20/h3-7H,8H2,1-2H3,(H,21,25)(H,22,23,24). The van der Waals surface area contributed by atoms with Gasteiger partial charge in [0.2, 0.25) is 5.91 Å². The van der Waals surface area contributed by atoms with Crippen LogP contribution in [0, 0.1) is 13.8 Å². The van der Waals surface area contributed by atoms with Crippen LogP contribution in [0.5, 0.6) is 0 Å². The number of nitrogens with one attached hydrogen (secondary N) is 2. The lowest BCUT2D eigenvalue weighted by Gasteiger charge is -2.06. The predicted molar refractivity (Wildman–Crippen MR) is 107 cm³/mol. The molecule has 2 aromatic carbocycles. The van der Waals surface area contributed by atoms with E-state index < -0.39 is 5.91 Å². The van der Waals surface area contributed by atoms with Gasteiger partial charge in [-0.05, 0) is 49.2 Å². The zero-order chi connectivity index (χ0) is 18.8. The number of hydrogen-bond donors (Lipinski definition) is 2. The van der Waals surface area contributed by atoms with Crippen molar-refractivity contribution in [2.24, 2.45) is 0 Å². The Morgan fingerprint density at radius 1 is 1.15 bits per heavy atom. The molecule has 2 N–H and O–H groups in total. The van der Waals surface area contributed by atoms with E-state index >= 15 is 0 Å². The number of aryl methyl sites for hydroxylation is 2. The molecular weight excluding hydrogens is 393 g/mol. The number of carbonyl (C=O) groups is 2. The first-order chi connectivity index (χ1) is 12.3. The Kier molecular flexibility index (Phi) is 5.46. The molecule has 0 aliphatic rings. The van der Waals surface area contributed by atoms with Crippen LogP contribution in [0.1, 0.15) is 21.5 Å². The number of aromatic nitrogens is 1. The minimum Gasteiger partial charge on any atom is -0.343 e. The molecule has 0 aliphatic carbocycles. The van der Waals surface area contributed by atoms with Crippen molar-refractivity contribution in [3.05, 3.63) is 57.1 Å². The molecule has 0 saturated heterocycles. The Bertz CT molecular complexity index is 1020. The lowest BCUT2D eigenvalue weighted by Crippen LogP contribution is -2.33. The molecule has 8 heteroatoms. The Morgan fingerprint density at radius 3 is 2.65 bits per heavy atom. The molecule has 0 radical (unpaired) electrons. The monoisotopic (exact) mass is 407 g/mol. The summed E-state index contributed by atoms with van der Waals surface area (Å²) in [5.41, 5.74) is 3.33. The van der Waals surface area contributed by atoms with Crippen molar-refractivity contribution in [3.8, 4) is 0 Å². The van der Waals surface area contributed by atoms with Gasteiger partial charge >= 0.3 is 0 Å². The quantitative estimate of drug-likeness (QED) is 0.664. The first kappa shape index (κ1) is 18.6. The van der Waals surface area contributed by atoms with Gasteiger partial charge in [-0.25, -0.2) is 4.98 Å². The highest BCUT2D eigenvalue weighted by atomic mass is 35.5. The number of thiazole rings is 1. The number of nitrogens with zero attached hydrogens (tertiary/aromatic N) is 1. The molecule has 26 heavy (non-hydrogen) atoms. The highest BCUT2D eigenvalue weighted by Crippen LogP contribution is 2.29. The summed E-state index contributed by atoms with van der Waals surface area (Å²) >= 11 is 13.2. The first-order valence-electron chi connectivity index (χ1n) is 7.74. The maximum absolute atomic E-state index is 12.1. The van der Waals surface area contributed by atoms with Gasteiger partial charge < -0.3 is 10.6 Å². The van der Waals surface area contributed by atoms with Gasteiger partial charge in [-0.2, -0.15) is 0 Å². The van der Waals surface area contributed by atoms with Gasteiger partial charge in [0.15, 0.2) is 5.13 Å². The molecule has 3 rings (SSSR count). The van der Waals surface area contributed by atoms with E-state index in [2.05, 4.69) is 15.6 Å². The molecule has 0 aliphatic heterocycles. The third-order valence-corrected chi connectivity index (χ3v) is 5.13. The molecule has 0 atom stereocenters. The summed E-state index contributed by atoms with van der Waals surface area (Å²) < 4.78 is 1.01. The van der Waals surface area contributed by atoms with Crippen LogP contribution in [0.3, 0.4) is 0 Å². The van der Waals surface area contributed by atoms with Gasteiger partial charge in [0.05, 0.1) is 27.3 Å². The average Bonchev–Trinajstić information content (AvgIpc) is 2.95. The van der Waals surface area contributed by atoms with Crippen LogP contribution in [0.2, 0.25) is 10.0 Å². The molecule has 2 amide bonds. The fourth-order valence-corrected chi connectivity index (χ4v) is 4.07. The molecule has 3 aromatic rings. The molecule has 0 fully saturated rings. The Morgan fingerprint density at radius 2 is 1.92 bits per heavy atom. The minimum absolute atomic E-state index is 0.189. The highest BCUT2D eigenvalue weighted by Gasteiger charge is 2.14. The molecule has 0 saturated carbocycles. The lowest BCUT2D eigenvalue weighted by atomic mass is 10.1. The lowest BCUT2D eigenvalue weighted by molar-refractivity contribution is -0.115. The van der Waals surface area contributed by atoms with Crippen LogP contribution < -0.4 is 10.6 Å². The molecule has 0 bridgehead atoms. The van der Waals surface area contributed by atoms with Crippen LogP contribution in [0.25, 0.3) is 10.2 Å². The van der Waals surface area contributed by atoms with E-state index in [1.807, 2.05) is 26.0 Å². The van der Waals surface area contributed by atoms with Crippen molar-refractivity contribution < 1.29 is 9.59 Å². The van der Waals surface area contributed by atoms with E-state index in [1.165, 1.54) is 23.5 Å². The van der Waals surface area contributed by atoms with Crippen LogP contribution in [0.15, 0.2) is 30.3 Å². The second kappa shape index (κ2) is 7.61. The van der Waals surface area contributed by atoms with Gasteiger partial charge in [-0.3, -0.25) is 9.59 Å². The molecule has 0 unspecified atom stereocenters. The number of hydrogen-bond acceptors (Lipinski definition) is 4. The number of carbonyl (C=O) groups excluding carboxylic acids is 2. The normalized spacial score (nSPS) is 10.8. The van der Waals surface area contributed by atoms with Crippen molar-refractivity contribution in [2.75, 3.05) is 11.9 Å². The second-order valence-electron chi connectivity index (χ2n) is 5.80. The van der Waals surface area contributed by atoms with E-state index in [9.17, 15) is 9.59 Å². The van der Waals surface area contributed by atoms with Crippen LogP contribution in [-0.4, -0.2) is 23.3 Å². The van der Waals surface area contributed by atoms with Gasteiger partial charge in [0.1, 0.15) is 0 Å². The predicted octanol–water partition coefficient (Wildman–Crippen LogP) is 4.59. The summed E-state index contributed by atoms with van der Waals surface area (Å²) in [6, 6.07) is 8.62. The Labute approximate surface area is 164 Å². The van der Waals surface area contributed by atoms with Gasteiger partial charge in [-0.1, -0.05) is 40.6 Å². The van der Waals surface area contributed by atoms with Gasteiger partial charge in [0, 0.05) is 5.02 Å². The van der Waals surface area contributed by atoms with Crippen LogP contribution >= 0.6 is 34.5 Å². The van der Waals surface area contributed by atoms with Crippen molar-refractivity contribution in [2.45, 2.75) is 13.8 Å². The summed E-state index contributed by atoms with van der Waals surface area (Å²) in [6.07, 6.45) is 0. The minimum atomic E-state index is -0.447. The van der Waals surface area contributed by atoms with Gasteiger partial charge in [-0.15, -0.1) is 0 Å². The van der Waals surface area contributed by atoms with Gasteiger partial charge in [0.25, 0.3) is 5.91 Å². The fourth-order valence-electron chi connectivity index (χ4n) is 2.52. The molecule has 5 nitrogen and oxygen atoms in total. The number of benzene rings is 2. The number of fused-ring (bicyclic) bond motifs is 1. The largest absolute Gasteiger partial charge is 0.343 e. The summed E-state index contributed by atoms with van der Waals surface area (Å²) in [4.78, 5) is 28.7. The molecule has 1 aromatic heterocycles. The number of rotatable bonds is 4. The van der Waals surface area contributed by atoms with E-state index in [1.54, 1.807) is 6.07 Å². The second-order valence-corrected chi connectivity index (χ2v) is 7.68. The summed E-state index contributed by atoms with van der Waals surface area (Å²) in [6.45, 7) is 3.81. The highest BCUT2D eigenvalue weighted by molar-refractivity contribution is 7.22. The maximum atomic E-state index is 12.1. The molecular formula is C18H15Cl2N3O2S. The summed E-state index contributed by atoms with van der Waals surface area (Å²) in [5.74, 6) is -0.811. The first-order valence-corrected chi connectivity index (χ1v) is 9.31. The third-order valence-electron chi connectivity index (χ3n) is 3.66.